The maximum atomic E-state index is 12.0. The van der Waals surface area contributed by atoms with Crippen molar-refractivity contribution in [2.45, 2.75) is 27.7 Å². The zero-order valence-corrected chi connectivity index (χ0v) is 14.8. The van der Waals surface area contributed by atoms with Crippen molar-refractivity contribution in [3.8, 4) is 0 Å². The largest absolute Gasteiger partial charge is 0.465 e. The lowest BCUT2D eigenvalue weighted by Gasteiger charge is -2.18. The molecule has 22 heavy (non-hydrogen) atoms. The lowest BCUT2D eigenvalue weighted by Crippen LogP contribution is -2.31. The number of hydrazone groups is 1. The Morgan fingerprint density at radius 2 is 1.86 bits per heavy atom. The van der Waals surface area contributed by atoms with E-state index in [1.54, 1.807) is 38.1 Å². The van der Waals surface area contributed by atoms with Crippen LogP contribution in [0, 0.1) is 11.8 Å². The van der Waals surface area contributed by atoms with Crippen LogP contribution in [-0.2, 0) is 9.53 Å². The highest BCUT2D eigenvalue weighted by Gasteiger charge is 2.26. The molecule has 1 aromatic carbocycles. The van der Waals surface area contributed by atoms with Gasteiger partial charge in [0.2, 0.25) is 0 Å². The molecule has 0 fully saturated rings. The van der Waals surface area contributed by atoms with Crippen molar-refractivity contribution in [3.63, 3.8) is 0 Å². The van der Waals surface area contributed by atoms with Crippen molar-refractivity contribution in [1.82, 2.24) is 5.43 Å². The molecule has 1 rings (SSSR count). The molecule has 0 heterocycles. The Hall–Kier alpha value is -1.69. The second-order valence-electron chi connectivity index (χ2n) is 5.17. The maximum Gasteiger partial charge on any atom is 0.314 e. The standard InChI is InChI=1S/C16H21BrN2O3/c1-5-22-16(21)14(10(2)3)11(4)18-19-15(20)12-6-8-13(17)9-7-12/h6-10,14H,5H2,1-4H3,(H,19,20). The first-order chi connectivity index (χ1) is 10.4. The van der Waals surface area contributed by atoms with Crippen LogP contribution in [0.4, 0.5) is 0 Å². The zero-order valence-electron chi connectivity index (χ0n) is 13.2. The van der Waals surface area contributed by atoms with Crippen LogP contribution in [0.15, 0.2) is 33.8 Å². The number of carbonyl (C=O) groups is 2. The van der Waals surface area contributed by atoms with Gasteiger partial charge in [-0.15, -0.1) is 0 Å². The lowest BCUT2D eigenvalue weighted by molar-refractivity contribution is -0.146. The Morgan fingerprint density at radius 3 is 2.36 bits per heavy atom. The summed E-state index contributed by atoms with van der Waals surface area (Å²) in [5, 5.41) is 4.05. The lowest BCUT2D eigenvalue weighted by atomic mass is 9.92. The van der Waals surface area contributed by atoms with Gasteiger partial charge in [-0.25, -0.2) is 5.43 Å². The molecule has 0 aliphatic carbocycles. The summed E-state index contributed by atoms with van der Waals surface area (Å²) in [7, 11) is 0. The molecule has 0 bridgehead atoms. The molecule has 0 aliphatic heterocycles. The molecular weight excluding hydrogens is 348 g/mol. The molecule has 1 N–H and O–H groups in total. The van der Waals surface area contributed by atoms with Crippen LogP contribution in [0.2, 0.25) is 0 Å². The molecule has 0 aliphatic rings. The van der Waals surface area contributed by atoms with E-state index in [0.29, 0.717) is 17.9 Å². The number of halogens is 1. The first-order valence-corrected chi connectivity index (χ1v) is 7.92. The molecule has 1 atom stereocenters. The number of hydrogen-bond donors (Lipinski definition) is 1. The van der Waals surface area contributed by atoms with Gasteiger partial charge in [-0.05, 0) is 44.0 Å². The molecule has 0 spiro atoms. The average molecular weight is 369 g/mol. The van der Waals surface area contributed by atoms with E-state index in [4.69, 9.17) is 4.74 Å². The molecule has 0 saturated carbocycles. The van der Waals surface area contributed by atoms with Gasteiger partial charge in [-0.1, -0.05) is 29.8 Å². The summed E-state index contributed by atoms with van der Waals surface area (Å²) in [6.07, 6.45) is 0. The van der Waals surface area contributed by atoms with Crippen molar-refractivity contribution in [2.24, 2.45) is 16.9 Å². The Kier molecular flexibility index (Phi) is 7.24. The van der Waals surface area contributed by atoms with Crippen LogP contribution in [0.25, 0.3) is 0 Å². The summed E-state index contributed by atoms with van der Waals surface area (Å²) in [5.74, 6) is -1.08. The Balaban J connectivity index is 2.79. The number of nitrogens with zero attached hydrogens (tertiary/aromatic N) is 1. The second kappa shape index (κ2) is 8.68. The van der Waals surface area contributed by atoms with Gasteiger partial charge in [0.15, 0.2) is 0 Å². The Labute approximate surface area is 139 Å². The second-order valence-corrected chi connectivity index (χ2v) is 6.09. The fraction of sp³-hybridized carbons (Fsp3) is 0.438. The number of hydrogen-bond acceptors (Lipinski definition) is 4. The van der Waals surface area contributed by atoms with Crippen LogP contribution < -0.4 is 5.43 Å². The molecule has 0 saturated heterocycles. The van der Waals surface area contributed by atoms with E-state index in [0.717, 1.165) is 4.47 Å². The van der Waals surface area contributed by atoms with Gasteiger partial charge in [-0.2, -0.15) is 5.10 Å². The van der Waals surface area contributed by atoms with Crippen molar-refractivity contribution in [1.29, 1.82) is 0 Å². The molecule has 6 heteroatoms. The normalized spacial score (nSPS) is 12.9. The number of amides is 1. The predicted octanol–water partition coefficient (Wildman–Crippen LogP) is 3.39. The molecular formula is C16H21BrN2O3. The van der Waals surface area contributed by atoms with Gasteiger partial charge >= 0.3 is 5.97 Å². The fourth-order valence-corrected chi connectivity index (χ4v) is 2.30. The third kappa shape index (κ3) is 5.26. The van der Waals surface area contributed by atoms with Gasteiger partial charge in [0.05, 0.1) is 12.5 Å². The summed E-state index contributed by atoms with van der Waals surface area (Å²) in [5.41, 5.74) is 3.50. The van der Waals surface area contributed by atoms with Gasteiger partial charge in [0, 0.05) is 15.7 Å². The van der Waals surface area contributed by atoms with Crippen molar-refractivity contribution in [3.05, 3.63) is 34.3 Å². The predicted molar refractivity (Wildman–Crippen MR) is 89.7 cm³/mol. The van der Waals surface area contributed by atoms with Crippen LogP contribution in [-0.4, -0.2) is 24.2 Å². The highest BCUT2D eigenvalue weighted by atomic mass is 79.9. The molecule has 120 valence electrons. The van der Waals surface area contributed by atoms with Gasteiger partial charge < -0.3 is 4.74 Å². The average Bonchev–Trinajstić information content (AvgIpc) is 2.45. The number of benzene rings is 1. The van der Waals surface area contributed by atoms with Crippen molar-refractivity contribution < 1.29 is 14.3 Å². The minimum absolute atomic E-state index is 0.0346. The quantitative estimate of drug-likeness (QED) is 0.475. The zero-order chi connectivity index (χ0) is 16.7. The number of ether oxygens (including phenoxy) is 1. The fourth-order valence-electron chi connectivity index (χ4n) is 2.03. The Bertz CT molecular complexity index is 553. The summed E-state index contributed by atoms with van der Waals surface area (Å²) >= 11 is 3.31. The number of carbonyl (C=O) groups excluding carboxylic acids is 2. The van der Waals surface area contributed by atoms with E-state index in [1.165, 1.54) is 0 Å². The number of nitrogens with one attached hydrogen (secondary N) is 1. The molecule has 1 unspecified atom stereocenters. The first kappa shape index (κ1) is 18.4. The van der Waals surface area contributed by atoms with E-state index in [2.05, 4.69) is 26.5 Å². The summed E-state index contributed by atoms with van der Waals surface area (Å²) in [4.78, 5) is 24.0. The monoisotopic (exact) mass is 368 g/mol. The van der Waals surface area contributed by atoms with E-state index in [9.17, 15) is 9.59 Å². The number of rotatable bonds is 6. The van der Waals surface area contributed by atoms with Gasteiger partial charge in [0.1, 0.15) is 0 Å². The van der Waals surface area contributed by atoms with Gasteiger partial charge in [-0.3, -0.25) is 9.59 Å². The van der Waals surface area contributed by atoms with Crippen LogP contribution in [0.1, 0.15) is 38.1 Å². The summed E-state index contributed by atoms with van der Waals surface area (Å²) in [6.45, 7) is 7.62. The minimum Gasteiger partial charge on any atom is -0.465 e. The first-order valence-electron chi connectivity index (χ1n) is 7.13. The molecule has 0 aromatic heterocycles. The highest BCUT2D eigenvalue weighted by molar-refractivity contribution is 9.10. The third-order valence-electron chi connectivity index (χ3n) is 3.10. The molecule has 5 nitrogen and oxygen atoms in total. The van der Waals surface area contributed by atoms with Crippen LogP contribution in [0.3, 0.4) is 0 Å². The van der Waals surface area contributed by atoms with E-state index in [1.807, 2.05) is 13.8 Å². The molecule has 0 radical (unpaired) electrons. The smallest absolute Gasteiger partial charge is 0.314 e. The van der Waals surface area contributed by atoms with Crippen molar-refractivity contribution in [2.75, 3.05) is 6.61 Å². The number of esters is 1. The third-order valence-corrected chi connectivity index (χ3v) is 3.63. The maximum absolute atomic E-state index is 12.0. The highest BCUT2D eigenvalue weighted by Crippen LogP contribution is 2.15. The molecule has 1 aromatic rings. The summed E-state index contributed by atoms with van der Waals surface area (Å²) < 4.78 is 5.95. The van der Waals surface area contributed by atoms with E-state index < -0.39 is 5.92 Å². The molecule has 1 amide bonds. The van der Waals surface area contributed by atoms with Crippen LogP contribution >= 0.6 is 15.9 Å². The SMILES string of the molecule is CCOC(=O)C(C(C)=NNC(=O)c1ccc(Br)cc1)C(C)C. The van der Waals surface area contributed by atoms with E-state index in [-0.39, 0.29) is 17.8 Å². The Morgan fingerprint density at radius 1 is 1.27 bits per heavy atom. The van der Waals surface area contributed by atoms with Crippen LogP contribution in [0.5, 0.6) is 0 Å². The van der Waals surface area contributed by atoms with E-state index >= 15 is 0 Å². The van der Waals surface area contributed by atoms with Gasteiger partial charge in [0.25, 0.3) is 5.91 Å². The topological polar surface area (TPSA) is 67.8 Å². The van der Waals surface area contributed by atoms with Crippen molar-refractivity contribution >= 4 is 33.5 Å². The minimum atomic E-state index is -0.467. The summed E-state index contributed by atoms with van der Waals surface area (Å²) in [6, 6.07) is 6.94.